The lowest BCUT2D eigenvalue weighted by Gasteiger charge is -2.09. The Kier molecular flexibility index (Phi) is 5.17. The van der Waals surface area contributed by atoms with Crippen molar-refractivity contribution in [3.63, 3.8) is 0 Å². The molecule has 3 nitrogen and oxygen atoms in total. The molecule has 2 aromatic carbocycles. The van der Waals surface area contributed by atoms with E-state index in [2.05, 4.69) is 10.6 Å². The fraction of sp³-hybridized carbons (Fsp3) is 0.188. The zero-order valence-corrected chi connectivity index (χ0v) is 12.4. The number of anilines is 1. The van der Waals surface area contributed by atoms with Crippen molar-refractivity contribution in [1.82, 2.24) is 5.32 Å². The Hall–Kier alpha value is -2.07. The first-order valence-electron chi connectivity index (χ1n) is 6.56. The van der Waals surface area contributed by atoms with Crippen molar-refractivity contribution in [3.8, 4) is 0 Å². The van der Waals surface area contributed by atoms with E-state index in [0.29, 0.717) is 18.0 Å². The Balaban J connectivity index is 1.96. The van der Waals surface area contributed by atoms with Crippen LogP contribution >= 0.6 is 11.6 Å². The van der Waals surface area contributed by atoms with Crippen LogP contribution in [0.4, 0.5) is 10.1 Å². The lowest BCUT2D eigenvalue weighted by atomic mass is 10.1. The van der Waals surface area contributed by atoms with Gasteiger partial charge >= 0.3 is 0 Å². The minimum atomic E-state index is -0.345. The Bertz CT molecular complexity index is 629. The summed E-state index contributed by atoms with van der Waals surface area (Å²) in [7, 11) is 1.62. The number of hydrogen-bond acceptors (Lipinski definition) is 2. The van der Waals surface area contributed by atoms with Gasteiger partial charge in [-0.25, -0.2) is 4.39 Å². The van der Waals surface area contributed by atoms with E-state index >= 15 is 0 Å². The standard InChI is InChI=1S/C16H16ClFN2O/c1-19-16(21)8-11-2-6-14(7-3-11)20-10-12-4-5-13(18)9-15(12)17/h2-7,9,20H,8,10H2,1H3,(H,19,21). The van der Waals surface area contributed by atoms with Gasteiger partial charge in [0.25, 0.3) is 0 Å². The Morgan fingerprint density at radius 3 is 2.52 bits per heavy atom. The second-order valence-electron chi connectivity index (χ2n) is 4.64. The van der Waals surface area contributed by atoms with Crippen LogP contribution in [0.2, 0.25) is 5.02 Å². The van der Waals surface area contributed by atoms with Gasteiger partial charge in [0.2, 0.25) is 5.91 Å². The van der Waals surface area contributed by atoms with Crippen LogP contribution in [0.25, 0.3) is 0 Å². The summed E-state index contributed by atoms with van der Waals surface area (Å²) in [4.78, 5) is 11.3. The maximum atomic E-state index is 13.0. The van der Waals surface area contributed by atoms with Crippen LogP contribution in [0.1, 0.15) is 11.1 Å². The highest BCUT2D eigenvalue weighted by Crippen LogP contribution is 2.19. The van der Waals surface area contributed by atoms with Crippen molar-refractivity contribution >= 4 is 23.2 Å². The van der Waals surface area contributed by atoms with Crippen LogP contribution < -0.4 is 10.6 Å². The van der Waals surface area contributed by atoms with Gasteiger partial charge in [-0.2, -0.15) is 0 Å². The van der Waals surface area contributed by atoms with Gasteiger partial charge < -0.3 is 10.6 Å². The van der Waals surface area contributed by atoms with Gasteiger partial charge in [-0.15, -0.1) is 0 Å². The largest absolute Gasteiger partial charge is 0.381 e. The third kappa shape index (κ3) is 4.46. The number of likely N-dealkylation sites (N-methyl/N-ethyl adjacent to an activating group) is 1. The fourth-order valence-electron chi connectivity index (χ4n) is 1.88. The highest BCUT2D eigenvalue weighted by Gasteiger charge is 2.03. The highest BCUT2D eigenvalue weighted by molar-refractivity contribution is 6.31. The van der Waals surface area contributed by atoms with E-state index < -0.39 is 0 Å². The second kappa shape index (κ2) is 7.09. The normalized spacial score (nSPS) is 10.2. The predicted molar refractivity (Wildman–Crippen MR) is 82.9 cm³/mol. The number of amides is 1. The van der Waals surface area contributed by atoms with Crippen molar-refractivity contribution in [3.05, 3.63) is 64.4 Å². The lowest BCUT2D eigenvalue weighted by molar-refractivity contribution is -0.119. The third-order valence-electron chi connectivity index (χ3n) is 3.10. The van der Waals surface area contributed by atoms with Crippen molar-refractivity contribution < 1.29 is 9.18 Å². The molecule has 21 heavy (non-hydrogen) atoms. The summed E-state index contributed by atoms with van der Waals surface area (Å²) >= 11 is 5.97. The molecule has 0 bridgehead atoms. The minimum absolute atomic E-state index is 0.0196. The number of carbonyl (C=O) groups excluding carboxylic acids is 1. The highest BCUT2D eigenvalue weighted by atomic mass is 35.5. The second-order valence-corrected chi connectivity index (χ2v) is 5.04. The molecule has 0 atom stereocenters. The lowest BCUT2D eigenvalue weighted by Crippen LogP contribution is -2.19. The molecule has 2 rings (SSSR count). The van der Waals surface area contributed by atoms with E-state index in [9.17, 15) is 9.18 Å². The summed E-state index contributed by atoms with van der Waals surface area (Å²) in [6.45, 7) is 0.508. The Morgan fingerprint density at radius 2 is 1.90 bits per heavy atom. The molecule has 0 aromatic heterocycles. The maximum Gasteiger partial charge on any atom is 0.224 e. The number of rotatable bonds is 5. The quantitative estimate of drug-likeness (QED) is 0.889. The first-order valence-corrected chi connectivity index (χ1v) is 6.93. The van der Waals surface area contributed by atoms with E-state index in [1.165, 1.54) is 12.1 Å². The molecule has 1 amide bonds. The molecular weight excluding hydrogens is 291 g/mol. The van der Waals surface area contributed by atoms with E-state index in [0.717, 1.165) is 16.8 Å². The smallest absolute Gasteiger partial charge is 0.224 e. The molecule has 110 valence electrons. The summed E-state index contributed by atoms with van der Waals surface area (Å²) in [5, 5.41) is 6.20. The van der Waals surface area contributed by atoms with Crippen molar-refractivity contribution in [2.75, 3.05) is 12.4 Å². The van der Waals surface area contributed by atoms with Crippen LogP contribution in [-0.2, 0) is 17.8 Å². The van der Waals surface area contributed by atoms with Crippen molar-refractivity contribution in [2.45, 2.75) is 13.0 Å². The summed E-state index contributed by atoms with van der Waals surface area (Å²) in [5.41, 5.74) is 2.68. The molecule has 2 aromatic rings. The molecule has 0 spiro atoms. The number of carbonyl (C=O) groups is 1. The Labute approximate surface area is 128 Å². The van der Waals surface area contributed by atoms with E-state index in [-0.39, 0.29) is 11.7 Å². The predicted octanol–water partition coefficient (Wildman–Crippen LogP) is 3.38. The zero-order valence-electron chi connectivity index (χ0n) is 11.6. The SMILES string of the molecule is CNC(=O)Cc1ccc(NCc2ccc(F)cc2Cl)cc1. The van der Waals surface area contributed by atoms with Gasteiger partial charge in [0, 0.05) is 24.3 Å². The van der Waals surface area contributed by atoms with Gasteiger partial charge in [0.15, 0.2) is 0 Å². The summed E-state index contributed by atoms with van der Waals surface area (Å²) in [6, 6.07) is 11.9. The topological polar surface area (TPSA) is 41.1 Å². The molecule has 0 aliphatic heterocycles. The summed E-state index contributed by atoms with van der Waals surface area (Å²) in [5.74, 6) is -0.365. The Morgan fingerprint density at radius 1 is 1.19 bits per heavy atom. The van der Waals surface area contributed by atoms with E-state index in [4.69, 9.17) is 11.6 Å². The van der Waals surface area contributed by atoms with Gasteiger partial charge in [-0.05, 0) is 35.4 Å². The van der Waals surface area contributed by atoms with Crippen molar-refractivity contribution in [1.29, 1.82) is 0 Å². The number of nitrogens with one attached hydrogen (secondary N) is 2. The molecule has 0 fully saturated rings. The fourth-order valence-corrected chi connectivity index (χ4v) is 2.11. The minimum Gasteiger partial charge on any atom is -0.381 e. The number of halogens is 2. The molecule has 0 unspecified atom stereocenters. The van der Waals surface area contributed by atoms with Gasteiger partial charge in [-0.3, -0.25) is 4.79 Å². The molecule has 0 heterocycles. The summed E-state index contributed by atoms with van der Waals surface area (Å²) in [6.07, 6.45) is 0.362. The molecule has 0 aliphatic carbocycles. The molecular formula is C16H16ClFN2O. The average Bonchev–Trinajstić information content (AvgIpc) is 2.48. The molecule has 2 N–H and O–H groups in total. The molecule has 0 aliphatic rings. The number of hydrogen-bond donors (Lipinski definition) is 2. The van der Waals surface area contributed by atoms with E-state index in [1.807, 2.05) is 24.3 Å². The first-order chi connectivity index (χ1) is 10.1. The van der Waals surface area contributed by atoms with Crippen molar-refractivity contribution in [2.24, 2.45) is 0 Å². The molecule has 0 radical (unpaired) electrons. The van der Waals surface area contributed by atoms with Crippen LogP contribution in [0.5, 0.6) is 0 Å². The summed E-state index contributed by atoms with van der Waals surface area (Å²) < 4.78 is 13.0. The van der Waals surface area contributed by atoms with Crippen LogP contribution in [0.15, 0.2) is 42.5 Å². The molecule has 0 saturated heterocycles. The van der Waals surface area contributed by atoms with Crippen LogP contribution in [-0.4, -0.2) is 13.0 Å². The molecule has 0 saturated carbocycles. The van der Waals surface area contributed by atoms with Crippen LogP contribution in [0.3, 0.4) is 0 Å². The van der Waals surface area contributed by atoms with Gasteiger partial charge in [-0.1, -0.05) is 29.8 Å². The van der Waals surface area contributed by atoms with E-state index in [1.54, 1.807) is 13.1 Å². The number of benzene rings is 2. The monoisotopic (exact) mass is 306 g/mol. The van der Waals surface area contributed by atoms with Gasteiger partial charge in [0.05, 0.1) is 6.42 Å². The molecule has 5 heteroatoms. The van der Waals surface area contributed by atoms with Crippen LogP contribution in [0, 0.1) is 5.82 Å². The van der Waals surface area contributed by atoms with Gasteiger partial charge in [0.1, 0.15) is 5.82 Å². The maximum absolute atomic E-state index is 13.0. The zero-order chi connectivity index (χ0) is 15.2. The first kappa shape index (κ1) is 15.3. The average molecular weight is 307 g/mol. The third-order valence-corrected chi connectivity index (χ3v) is 3.45.